The first kappa shape index (κ1) is 14.7. The fourth-order valence-electron chi connectivity index (χ4n) is 1.23. The van der Waals surface area contributed by atoms with E-state index < -0.39 is 40.6 Å². The highest BCUT2D eigenvalue weighted by Crippen LogP contribution is 2.21. The van der Waals surface area contributed by atoms with E-state index in [-0.39, 0.29) is 4.57 Å². The monoisotopic (exact) mass is 277 g/mol. The molecule has 0 fully saturated rings. The van der Waals surface area contributed by atoms with E-state index in [1.807, 2.05) is 0 Å². The molecule has 1 aromatic heterocycles. The van der Waals surface area contributed by atoms with Crippen LogP contribution in [-0.2, 0) is 6.54 Å². The van der Waals surface area contributed by atoms with Crippen LogP contribution in [0.15, 0.2) is 17.1 Å². The molecule has 1 atom stereocenters. The molecule has 0 bridgehead atoms. The molecule has 10 heteroatoms. The molecule has 1 rings (SSSR count). The highest BCUT2D eigenvalue weighted by atomic mass is 19.4. The third-order valence-electron chi connectivity index (χ3n) is 2.15. The van der Waals surface area contributed by atoms with Gasteiger partial charge >= 0.3 is 6.18 Å². The number of aromatic nitrogens is 1. The average molecular weight is 277 g/mol. The maximum Gasteiger partial charge on any atom is 0.416 e. The summed E-state index contributed by atoms with van der Waals surface area (Å²) < 4.78 is 36.7. The molecule has 1 heterocycles. The first-order valence-corrected chi connectivity index (χ1v) is 4.70. The van der Waals surface area contributed by atoms with Gasteiger partial charge in [0.25, 0.3) is 11.2 Å². The number of aliphatic hydroxyl groups excluding tert-OH is 1. The van der Waals surface area contributed by atoms with Crippen molar-refractivity contribution < 1.29 is 23.2 Å². The van der Waals surface area contributed by atoms with E-state index in [1.54, 1.807) is 0 Å². The van der Waals surface area contributed by atoms with Crippen molar-refractivity contribution in [2.24, 2.45) is 0 Å². The smallest absolute Gasteiger partial charge is 0.382 e. The minimum absolute atomic E-state index is 0.287. The summed E-state index contributed by atoms with van der Waals surface area (Å²) in [7, 11) is 0. The van der Waals surface area contributed by atoms with Gasteiger partial charge in [-0.2, -0.15) is 18.4 Å². The zero-order valence-corrected chi connectivity index (χ0v) is 9.09. The van der Waals surface area contributed by atoms with Gasteiger partial charge in [-0.05, 0) is 0 Å². The van der Waals surface area contributed by atoms with Crippen molar-refractivity contribution in [2.45, 2.75) is 18.8 Å². The molecule has 0 saturated carbocycles. The summed E-state index contributed by atoms with van der Waals surface area (Å²) in [6.45, 7) is -1.22. The first-order valence-electron chi connectivity index (χ1n) is 4.70. The van der Waals surface area contributed by atoms with Crippen LogP contribution in [0.5, 0.6) is 0 Å². The molecule has 102 valence electrons. The van der Waals surface area contributed by atoms with Crippen LogP contribution < -0.4 is 5.56 Å². The van der Waals surface area contributed by atoms with Crippen LogP contribution in [-0.4, -0.2) is 26.9 Å². The van der Waals surface area contributed by atoms with Crippen molar-refractivity contribution in [2.75, 3.05) is 0 Å². The van der Waals surface area contributed by atoms with Gasteiger partial charge in [-0.1, -0.05) is 0 Å². The maximum absolute atomic E-state index is 12.1. The summed E-state index contributed by atoms with van der Waals surface area (Å²) in [4.78, 5) is 21.0. The molecule has 1 aromatic rings. The highest BCUT2D eigenvalue weighted by Gasteiger charge is 2.38. The standard InChI is InChI=1S/C9H6F3N3O4/c10-9(11,12)7(16)4-14-3-6(15(18)19)1-5(2-13)8(14)17/h1,3,7,16H,4H2. The Morgan fingerprint density at radius 2 is 2.16 bits per heavy atom. The fraction of sp³-hybridized carbons (Fsp3) is 0.333. The van der Waals surface area contributed by atoms with Gasteiger partial charge in [-0.25, -0.2) is 0 Å². The zero-order valence-electron chi connectivity index (χ0n) is 9.09. The molecule has 0 aliphatic carbocycles. The first-order chi connectivity index (χ1) is 8.66. The average Bonchev–Trinajstić information content (AvgIpc) is 2.30. The molecule has 0 spiro atoms. The van der Waals surface area contributed by atoms with Crippen molar-refractivity contribution in [1.29, 1.82) is 5.26 Å². The van der Waals surface area contributed by atoms with Crippen LogP contribution in [0, 0.1) is 21.4 Å². The number of hydrogen-bond donors (Lipinski definition) is 1. The van der Waals surface area contributed by atoms with E-state index in [2.05, 4.69) is 0 Å². The Kier molecular flexibility index (Phi) is 3.91. The molecular weight excluding hydrogens is 271 g/mol. The predicted molar refractivity (Wildman–Crippen MR) is 54.1 cm³/mol. The van der Waals surface area contributed by atoms with Crippen LogP contribution in [0.1, 0.15) is 5.56 Å². The Bertz CT molecular complexity index is 602. The molecule has 19 heavy (non-hydrogen) atoms. The summed E-state index contributed by atoms with van der Waals surface area (Å²) in [5, 5.41) is 27.9. The molecule has 0 aliphatic heterocycles. The number of halogens is 3. The van der Waals surface area contributed by atoms with E-state index in [9.17, 15) is 28.1 Å². The van der Waals surface area contributed by atoms with Crippen LogP contribution in [0.4, 0.5) is 18.9 Å². The Morgan fingerprint density at radius 3 is 2.58 bits per heavy atom. The van der Waals surface area contributed by atoms with Crippen LogP contribution in [0.25, 0.3) is 0 Å². The maximum atomic E-state index is 12.1. The van der Waals surface area contributed by atoms with E-state index in [1.165, 1.54) is 6.07 Å². The van der Waals surface area contributed by atoms with E-state index in [0.717, 1.165) is 0 Å². The number of alkyl halides is 3. The van der Waals surface area contributed by atoms with Gasteiger partial charge < -0.3 is 9.67 Å². The number of hydrogen-bond acceptors (Lipinski definition) is 5. The SMILES string of the molecule is N#Cc1cc([N+](=O)[O-])cn(CC(O)C(F)(F)F)c1=O. The number of rotatable bonds is 3. The quantitative estimate of drug-likeness (QED) is 0.641. The summed E-state index contributed by atoms with van der Waals surface area (Å²) in [5.41, 5.74) is -2.54. The van der Waals surface area contributed by atoms with Crippen LogP contribution >= 0.6 is 0 Å². The molecule has 0 saturated heterocycles. The fourth-order valence-corrected chi connectivity index (χ4v) is 1.23. The Hall–Kier alpha value is -2.41. The van der Waals surface area contributed by atoms with E-state index in [0.29, 0.717) is 12.3 Å². The number of aliphatic hydroxyl groups is 1. The second-order valence-electron chi connectivity index (χ2n) is 3.50. The van der Waals surface area contributed by atoms with Crippen LogP contribution in [0.2, 0.25) is 0 Å². The third-order valence-corrected chi connectivity index (χ3v) is 2.15. The minimum Gasteiger partial charge on any atom is -0.382 e. The van der Waals surface area contributed by atoms with Gasteiger partial charge in [-0.3, -0.25) is 14.9 Å². The predicted octanol–water partition coefficient (Wildman–Crippen LogP) is 0.551. The molecule has 1 unspecified atom stereocenters. The van der Waals surface area contributed by atoms with Crippen LogP contribution in [0.3, 0.4) is 0 Å². The van der Waals surface area contributed by atoms with Gasteiger partial charge in [0.05, 0.1) is 17.7 Å². The summed E-state index contributed by atoms with van der Waals surface area (Å²) in [5.74, 6) is 0. The van der Waals surface area contributed by atoms with Crippen molar-refractivity contribution in [3.05, 3.63) is 38.3 Å². The molecule has 7 nitrogen and oxygen atoms in total. The lowest BCUT2D eigenvalue weighted by atomic mass is 10.2. The second kappa shape index (κ2) is 5.07. The van der Waals surface area contributed by atoms with E-state index >= 15 is 0 Å². The Balaban J connectivity index is 3.28. The second-order valence-corrected chi connectivity index (χ2v) is 3.50. The van der Waals surface area contributed by atoms with Gasteiger partial charge in [0, 0.05) is 6.07 Å². The van der Waals surface area contributed by atoms with Crippen molar-refractivity contribution >= 4 is 5.69 Å². The van der Waals surface area contributed by atoms with Crippen molar-refractivity contribution in [3.8, 4) is 6.07 Å². The number of nitro groups is 1. The molecule has 0 radical (unpaired) electrons. The van der Waals surface area contributed by atoms with Crippen molar-refractivity contribution in [1.82, 2.24) is 4.57 Å². The lowest BCUT2D eigenvalue weighted by Crippen LogP contribution is -2.36. The summed E-state index contributed by atoms with van der Waals surface area (Å²) in [6.07, 6.45) is -7.30. The third kappa shape index (κ3) is 3.29. The Morgan fingerprint density at radius 1 is 1.58 bits per heavy atom. The summed E-state index contributed by atoms with van der Waals surface area (Å²) >= 11 is 0. The van der Waals surface area contributed by atoms with Gasteiger partial charge in [0.1, 0.15) is 11.6 Å². The van der Waals surface area contributed by atoms with Gasteiger partial charge in [0.15, 0.2) is 6.10 Å². The minimum atomic E-state index is -4.98. The molecule has 0 amide bonds. The normalized spacial score (nSPS) is 12.8. The molecule has 1 N–H and O–H groups in total. The van der Waals surface area contributed by atoms with E-state index in [4.69, 9.17) is 10.4 Å². The van der Waals surface area contributed by atoms with Crippen molar-refractivity contribution in [3.63, 3.8) is 0 Å². The molecule has 0 aliphatic rings. The topological polar surface area (TPSA) is 109 Å². The lowest BCUT2D eigenvalue weighted by molar-refractivity contribution is -0.385. The number of nitrogens with zero attached hydrogens (tertiary/aromatic N) is 3. The molecule has 0 aromatic carbocycles. The largest absolute Gasteiger partial charge is 0.416 e. The number of pyridine rings is 1. The Labute approximate surface area is 103 Å². The lowest BCUT2D eigenvalue weighted by Gasteiger charge is -2.15. The van der Waals surface area contributed by atoms with Gasteiger partial charge in [-0.15, -0.1) is 0 Å². The zero-order chi connectivity index (χ0) is 14.8. The van der Waals surface area contributed by atoms with Gasteiger partial charge in [0.2, 0.25) is 0 Å². The summed E-state index contributed by atoms with van der Waals surface area (Å²) in [6, 6.07) is 1.99. The number of nitriles is 1. The highest BCUT2D eigenvalue weighted by molar-refractivity contribution is 5.37. The molecular formula is C9H6F3N3O4.